The summed E-state index contributed by atoms with van der Waals surface area (Å²) in [5.41, 5.74) is 1.39. The van der Waals surface area contributed by atoms with Crippen molar-refractivity contribution in [3.63, 3.8) is 0 Å². The van der Waals surface area contributed by atoms with Crippen LogP contribution < -0.4 is 0 Å². The molecule has 0 saturated carbocycles. The largest absolute Gasteiger partial charge is 0.385 e. The average Bonchev–Trinajstić information content (AvgIpc) is 2.77. The fourth-order valence-electron chi connectivity index (χ4n) is 2.22. The molecule has 16 heavy (non-hydrogen) atoms. The van der Waals surface area contributed by atoms with E-state index in [1.165, 1.54) is 0 Å². The molecule has 1 aliphatic heterocycles. The molecule has 0 aliphatic carbocycles. The summed E-state index contributed by atoms with van der Waals surface area (Å²) >= 11 is 1.92. The van der Waals surface area contributed by atoms with Crippen molar-refractivity contribution in [1.82, 2.24) is 10.2 Å². The first-order valence-corrected chi connectivity index (χ1v) is 6.67. The molecule has 0 atom stereocenters. The number of thioether (sulfide) groups is 1. The van der Waals surface area contributed by atoms with Gasteiger partial charge in [0.25, 0.3) is 0 Å². The molecule has 0 unspecified atom stereocenters. The van der Waals surface area contributed by atoms with Crippen molar-refractivity contribution in [3.05, 3.63) is 30.0 Å². The van der Waals surface area contributed by atoms with Crippen molar-refractivity contribution in [2.45, 2.75) is 18.4 Å². The number of H-pyrrole nitrogens is 1. The van der Waals surface area contributed by atoms with Crippen LogP contribution in [0.1, 0.15) is 18.4 Å². The molecule has 0 spiro atoms. The standard InChI is InChI=1S/C12H14N2OS/c15-12(3-5-16-6-4-12)10-2-1-9-8-13-14-11(9)7-10/h1-2,7-8,15H,3-6H2,(H,13,14). The lowest BCUT2D eigenvalue weighted by atomic mass is 9.88. The highest BCUT2D eigenvalue weighted by Crippen LogP contribution is 2.36. The van der Waals surface area contributed by atoms with E-state index in [0.717, 1.165) is 40.8 Å². The van der Waals surface area contributed by atoms with Gasteiger partial charge in [-0.1, -0.05) is 12.1 Å². The van der Waals surface area contributed by atoms with Crippen LogP contribution in [-0.4, -0.2) is 26.8 Å². The van der Waals surface area contributed by atoms with Gasteiger partial charge in [-0.15, -0.1) is 0 Å². The van der Waals surface area contributed by atoms with Gasteiger partial charge in [0.15, 0.2) is 0 Å². The number of nitrogens with one attached hydrogen (secondary N) is 1. The zero-order valence-electron chi connectivity index (χ0n) is 8.94. The second-order valence-corrected chi connectivity index (χ2v) is 5.54. The minimum absolute atomic E-state index is 0.634. The van der Waals surface area contributed by atoms with Gasteiger partial charge < -0.3 is 5.11 Å². The van der Waals surface area contributed by atoms with E-state index in [9.17, 15) is 5.11 Å². The van der Waals surface area contributed by atoms with Crippen LogP contribution >= 0.6 is 11.8 Å². The maximum Gasteiger partial charge on any atom is 0.0913 e. The zero-order chi connectivity index (χ0) is 11.0. The van der Waals surface area contributed by atoms with Crippen LogP contribution in [0.5, 0.6) is 0 Å². The molecule has 4 heteroatoms. The summed E-state index contributed by atoms with van der Waals surface area (Å²) in [6.07, 6.45) is 3.49. The van der Waals surface area contributed by atoms with Crippen LogP contribution in [-0.2, 0) is 5.60 Å². The third-order valence-corrected chi connectivity index (χ3v) is 4.28. The Hall–Kier alpha value is -1.00. The lowest BCUT2D eigenvalue weighted by molar-refractivity contribution is 0.0282. The topological polar surface area (TPSA) is 48.9 Å². The maximum atomic E-state index is 10.6. The van der Waals surface area contributed by atoms with Gasteiger partial charge in [-0.05, 0) is 36.0 Å². The first-order valence-electron chi connectivity index (χ1n) is 5.52. The zero-order valence-corrected chi connectivity index (χ0v) is 9.76. The number of hydrogen-bond donors (Lipinski definition) is 2. The van der Waals surface area contributed by atoms with Gasteiger partial charge in [0.05, 0.1) is 17.3 Å². The van der Waals surface area contributed by atoms with Crippen LogP contribution in [0.25, 0.3) is 10.9 Å². The minimum Gasteiger partial charge on any atom is -0.385 e. The van der Waals surface area contributed by atoms with Gasteiger partial charge in [-0.25, -0.2) is 0 Å². The summed E-state index contributed by atoms with van der Waals surface area (Å²) < 4.78 is 0. The highest BCUT2D eigenvalue weighted by atomic mass is 32.2. The summed E-state index contributed by atoms with van der Waals surface area (Å²) in [6.45, 7) is 0. The summed E-state index contributed by atoms with van der Waals surface area (Å²) in [6, 6.07) is 6.07. The molecule has 3 rings (SSSR count). The number of aliphatic hydroxyl groups is 1. The lowest BCUT2D eigenvalue weighted by Crippen LogP contribution is -2.30. The number of aromatic nitrogens is 2. The highest BCUT2D eigenvalue weighted by molar-refractivity contribution is 7.99. The van der Waals surface area contributed by atoms with Crippen molar-refractivity contribution in [2.24, 2.45) is 0 Å². The Morgan fingerprint density at radius 2 is 2.12 bits per heavy atom. The quantitative estimate of drug-likeness (QED) is 0.796. The van der Waals surface area contributed by atoms with E-state index in [1.807, 2.05) is 30.0 Å². The van der Waals surface area contributed by atoms with Gasteiger partial charge in [0.2, 0.25) is 0 Å². The molecule has 1 aliphatic rings. The van der Waals surface area contributed by atoms with Crippen molar-refractivity contribution < 1.29 is 5.11 Å². The predicted octanol–water partition coefficient (Wildman–Crippen LogP) is 2.28. The van der Waals surface area contributed by atoms with Crippen molar-refractivity contribution in [3.8, 4) is 0 Å². The second-order valence-electron chi connectivity index (χ2n) is 4.32. The Morgan fingerprint density at radius 1 is 1.31 bits per heavy atom. The Morgan fingerprint density at radius 3 is 2.94 bits per heavy atom. The molecule has 0 radical (unpaired) electrons. The molecule has 2 heterocycles. The van der Waals surface area contributed by atoms with Crippen LogP contribution in [0.4, 0.5) is 0 Å². The monoisotopic (exact) mass is 234 g/mol. The van der Waals surface area contributed by atoms with E-state index < -0.39 is 5.60 Å². The number of nitrogens with zero attached hydrogens (tertiary/aromatic N) is 1. The third-order valence-electron chi connectivity index (χ3n) is 3.30. The van der Waals surface area contributed by atoms with Gasteiger partial charge >= 0.3 is 0 Å². The van der Waals surface area contributed by atoms with E-state index >= 15 is 0 Å². The molecular weight excluding hydrogens is 220 g/mol. The maximum absolute atomic E-state index is 10.6. The average molecular weight is 234 g/mol. The molecule has 0 bridgehead atoms. The van der Waals surface area contributed by atoms with E-state index in [1.54, 1.807) is 6.20 Å². The van der Waals surface area contributed by atoms with E-state index in [0.29, 0.717) is 0 Å². The number of benzene rings is 1. The predicted molar refractivity (Wildman–Crippen MR) is 66.5 cm³/mol. The van der Waals surface area contributed by atoms with Crippen molar-refractivity contribution in [1.29, 1.82) is 0 Å². The molecule has 2 N–H and O–H groups in total. The van der Waals surface area contributed by atoms with Crippen LogP contribution in [0.3, 0.4) is 0 Å². The normalized spacial score (nSPS) is 20.1. The Labute approximate surface area is 98.2 Å². The Balaban J connectivity index is 2.03. The van der Waals surface area contributed by atoms with E-state index in [4.69, 9.17) is 0 Å². The fraction of sp³-hybridized carbons (Fsp3) is 0.417. The van der Waals surface area contributed by atoms with E-state index in [-0.39, 0.29) is 0 Å². The molecular formula is C12H14N2OS. The third kappa shape index (κ3) is 1.62. The summed E-state index contributed by atoms with van der Waals surface area (Å²) in [4.78, 5) is 0. The summed E-state index contributed by atoms with van der Waals surface area (Å²) in [5, 5.41) is 18.6. The van der Waals surface area contributed by atoms with Crippen molar-refractivity contribution >= 4 is 22.7 Å². The van der Waals surface area contributed by atoms with Crippen molar-refractivity contribution in [2.75, 3.05) is 11.5 Å². The number of hydrogen-bond acceptors (Lipinski definition) is 3. The molecule has 84 valence electrons. The molecule has 1 aromatic carbocycles. The Kier molecular flexibility index (Phi) is 2.41. The minimum atomic E-state index is -0.634. The fourth-order valence-corrected chi connectivity index (χ4v) is 3.39. The smallest absolute Gasteiger partial charge is 0.0913 e. The van der Waals surface area contributed by atoms with E-state index in [2.05, 4.69) is 10.2 Å². The number of rotatable bonds is 1. The number of fused-ring (bicyclic) bond motifs is 1. The first-order chi connectivity index (χ1) is 7.78. The van der Waals surface area contributed by atoms with Crippen LogP contribution in [0.15, 0.2) is 24.4 Å². The summed E-state index contributed by atoms with van der Waals surface area (Å²) in [5.74, 6) is 2.08. The van der Waals surface area contributed by atoms with Gasteiger partial charge in [-0.2, -0.15) is 16.9 Å². The molecule has 1 saturated heterocycles. The van der Waals surface area contributed by atoms with Crippen LogP contribution in [0.2, 0.25) is 0 Å². The number of aromatic amines is 1. The van der Waals surface area contributed by atoms with Gasteiger partial charge in [-0.3, -0.25) is 5.10 Å². The SMILES string of the molecule is OC1(c2ccc3cn[nH]c3c2)CCSCC1. The first kappa shape index (κ1) is 10.2. The molecule has 1 fully saturated rings. The Bertz CT molecular complexity index is 502. The lowest BCUT2D eigenvalue weighted by Gasteiger charge is -2.32. The van der Waals surface area contributed by atoms with Gasteiger partial charge in [0.1, 0.15) is 0 Å². The molecule has 3 nitrogen and oxygen atoms in total. The van der Waals surface area contributed by atoms with Crippen LogP contribution in [0, 0.1) is 0 Å². The van der Waals surface area contributed by atoms with Gasteiger partial charge in [0, 0.05) is 5.39 Å². The second kappa shape index (κ2) is 3.79. The summed E-state index contributed by atoms with van der Waals surface area (Å²) in [7, 11) is 0. The molecule has 1 aromatic heterocycles. The molecule has 0 amide bonds. The highest BCUT2D eigenvalue weighted by Gasteiger charge is 2.31. The molecule has 2 aromatic rings.